The van der Waals surface area contributed by atoms with Crippen molar-refractivity contribution < 1.29 is 4.74 Å². The number of hydrazone groups is 1. The largest absolute Gasteiger partial charge is 0.457 e. The molecule has 0 aliphatic carbocycles. The topological polar surface area (TPSA) is 84.4 Å². The molecule has 2 aliphatic rings. The van der Waals surface area contributed by atoms with Crippen molar-refractivity contribution in [2.24, 2.45) is 26.7 Å². The minimum absolute atomic E-state index is 0.124. The summed E-state index contributed by atoms with van der Waals surface area (Å²) < 4.78 is 5.80. The highest BCUT2D eigenvalue weighted by molar-refractivity contribution is 6.17. The Labute approximate surface area is 133 Å². The van der Waals surface area contributed by atoms with Gasteiger partial charge in [0.15, 0.2) is 6.17 Å². The lowest BCUT2D eigenvalue weighted by Crippen LogP contribution is -2.40. The Hall–Kier alpha value is -3.15. The highest BCUT2D eigenvalue weighted by atomic mass is 16.5. The summed E-state index contributed by atoms with van der Waals surface area (Å²) in [6.45, 7) is 0. The number of rotatable bonds is 3. The molecule has 4 rings (SSSR count). The molecule has 6 nitrogen and oxygen atoms in total. The van der Waals surface area contributed by atoms with Gasteiger partial charge in [0, 0.05) is 0 Å². The van der Waals surface area contributed by atoms with E-state index in [2.05, 4.69) is 20.5 Å². The molecule has 0 bridgehead atoms. The van der Waals surface area contributed by atoms with Crippen LogP contribution >= 0.6 is 0 Å². The fraction of sp³-hybridized carbons (Fsp3) is 0.118. The minimum Gasteiger partial charge on any atom is -0.457 e. The number of nitrogens with one attached hydrogen (secondary N) is 1. The molecule has 3 N–H and O–H groups in total. The van der Waals surface area contributed by atoms with E-state index in [0.29, 0.717) is 5.84 Å². The van der Waals surface area contributed by atoms with E-state index in [0.717, 1.165) is 22.8 Å². The van der Waals surface area contributed by atoms with E-state index in [1.807, 2.05) is 54.6 Å². The van der Waals surface area contributed by atoms with Crippen LogP contribution in [0.4, 0.5) is 0 Å². The molecule has 114 valence electrons. The first-order chi connectivity index (χ1) is 11.3. The van der Waals surface area contributed by atoms with Gasteiger partial charge in [-0.15, -0.1) is 0 Å². The summed E-state index contributed by atoms with van der Waals surface area (Å²) in [5.74, 6) is 1.98. The first kappa shape index (κ1) is 13.5. The zero-order chi connectivity index (χ0) is 15.6. The fourth-order valence-corrected chi connectivity index (χ4v) is 2.67. The Morgan fingerprint density at radius 2 is 1.70 bits per heavy atom. The Bertz CT molecular complexity index is 795. The van der Waals surface area contributed by atoms with Crippen molar-refractivity contribution in [2.75, 3.05) is 0 Å². The number of para-hydroxylation sites is 1. The molecule has 0 fully saturated rings. The zero-order valence-electron chi connectivity index (χ0n) is 12.3. The highest BCUT2D eigenvalue weighted by Crippen LogP contribution is 2.25. The second kappa shape index (κ2) is 5.57. The normalized spacial score (nSPS) is 21.9. The van der Waals surface area contributed by atoms with Crippen molar-refractivity contribution in [3.8, 4) is 11.5 Å². The molecule has 23 heavy (non-hydrogen) atoms. The summed E-state index contributed by atoms with van der Waals surface area (Å²) in [5.41, 5.74) is 10.8. The number of nitrogens with two attached hydrogens (primary N) is 1. The van der Waals surface area contributed by atoms with Gasteiger partial charge in [0.2, 0.25) is 0 Å². The van der Waals surface area contributed by atoms with Crippen LogP contribution in [-0.4, -0.2) is 24.1 Å². The predicted octanol–water partition coefficient (Wildman–Crippen LogP) is 2.13. The third kappa shape index (κ3) is 2.55. The second-order valence-corrected chi connectivity index (χ2v) is 5.31. The number of fused-ring (bicyclic) bond motifs is 1. The molecule has 0 radical (unpaired) electrons. The van der Waals surface area contributed by atoms with Crippen molar-refractivity contribution >= 4 is 17.9 Å². The maximum absolute atomic E-state index is 5.99. The van der Waals surface area contributed by atoms with Crippen LogP contribution in [0.25, 0.3) is 0 Å². The van der Waals surface area contributed by atoms with Gasteiger partial charge in [0.1, 0.15) is 29.6 Å². The predicted molar refractivity (Wildman–Crippen MR) is 90.0 cm³/mol. The van der Waals surface area contributed by atoms with E-state index in [4.69, 9.17) is 10.5 Å². The summed E-state index contributed by atoms with van der Waals surface area (Å²) in [7, 11) is 0. The number of nitrogens with zero attached hydrogens (tertiary/aromatic N) is 3. The molecule has 0 amide bonds. The summed E-state index contributed by atoms with van der Waals surface area (Å²) in [6, 6.07) is 17.4. The molecule has 0 saturated heterocycles. The molecular weight excluding hydrogens is 290 g/mol. The van der Waals surface area contributed by atoms with Gasteiger partial charge in [-0.25, -0.2) is 9.98 Å². The molecule has 0 aromatic heterocycles. The number of ether oxygens (including phenoxy) is 1. The molecule has 0 spiro atoms. The molecule has 2 unspecified atom stereocenters. The number of amidine groups is 1. The number of hydrogen-bond donors (Lipinski definition) is 2. The van der Waals surface area contributed by atoms with E-state index in [-0.39, 0.29) is 12.1 Å². The monoisotopic (exact) mass is 305 g/mol. The quantitative estimate of drug-likeness (QED) is 0.911. The van der Waals surface area contributed by atoms with Gasteiger partial charge in [-0.3, -0.25) is 5.43 Å². The van der Waals surface area contributed by atoms with Gasteiger partial charge in [-0.05, 0) is 42.0 Å². The molecule has 6 heteroatoms. The van der Waals surface area contributed by atoms with Crippen molar-refractivity contribution in [3.63, 3.8) is 0 Å². The Morgan fingerprint density at radius 3 is 2.48 bits per heavy atom. The summed E-state index contributed by atoms with van der Waals surface area (Å²) >= 11 is 0. The van der Waals surface area contributed by atoms with Gasteiger partial charge in [0.25, 0.3) is 0 Å². The van der Waals surface area contributed by atoms with Crippen molar-refractivity contribution in [1.82, 2.24) is 5.43 Å². The number of benzene rings is 2. The molecule has 0 saturated carbocycles. The average molecular weight is 305 g/mol. The van der Waals surface area contributed by atoms with Crippen LogP contribution in [0.2, 0.25) is 0 Å². The van der Waals surface area contributed by atoms with Crippen LogP contribution in [0.5, 0.6) is 11.5 Å². The van der Waals surface area contributed by atoms with Crippen LogP contribution < -0.4 is 15.9 Å². The first-order valence-electron chi connectivity index (χ1n) is 7.32. The van der Waals surface area contributed by atoms with Crippen LogP contribution in [0.1, 0.15) is 5.56 Å². The molecule has 2 aromatic carbocycles. The fourth-order valence-electron chi connectivity index (χ4n) is 2.67. The van der Waals surface area contributed by atoms with Gasteiger partial charge in [-0.2, -0.15) is 5.10 Å². The third-order valence-corrected chi connectivity index (χ3v) is 3.81. The smallest absolute Gasteiger partial charge is 0.151 e. The zero-order valence-corrected chi connectivity index (χ0v) is 12.3. The Morgan fingerprint density at radius 1 is 0.957 bits per heavy atom. The lowest BCUT2D eigenvalue weighted by molar-refractivity contribution is 0.482. The van der Waals surface area contributed by atoms with Gasteiger partial charge in [-0.1, -0.05) is 18.2 Å². The highest BCUT2D eigenvalue weighted by Gasteiger charge is 2.36. The lowest BCUT2D eigenvalue weighted by atomic mass is 9.94. The van der Waals surface area contributed by atoms with E-state index >= 15 is 0 Å². The van der Waals surface area contributed by atoms with Gasteiger partial charge >= 0.3 is 0 Å². The van der Waals surface area contributed by atoms with Crippen molar-refractivity contribution in [3.05, 3.63) is 60.2 Å². The van der Waals surface area contributed by atoms with Crippen LogP contribution in [0.3, 0.4) is 0 Å². The van der Waals surface area contributed by atoms with Gasteiger partial charge < -0.3 is 10.5 Å². The second-order valence-electron chi connectivity index (χ2n) is 5.31. The first-order valence-corrected chi connectivity index (χ1v) is 7.32. The minimum atomic E-state index is -0.164. The summed E-state index contributed by atoms with van der Waals surface area (Å²) in [6.07, 6.45) is 1.31. The molecular formula is C17H15N5O. The molecule has 2 heterocycles. The van der Waals surface area contributed by atoms with Crippen LogP contribution in [-0.2, 0) is 0 Å². The van der Waals surface area contributed by atoms with E-state index in [1.54, 1.807) is 0 Å². The van der Waals surface area contributed by atoms with E-state index in [9.17, 15) is 0 Å². The van der Waals surface area contributed by atoms with Crippen LogP contribution in [0.15, 0.2) is 69.7 Å². The summed E-state index contributed by atoms with van der Waals surface area (Å²) in [4.78, 5) is 8.33. The van der Waals surface area contributed by atoms with E-state index < -0.39 is 0 Å². The van der Waals surface area contributed by atoms with Gasteiger partial charge in [0.05, 0.1) is 5.71 Å². The van der Waals surface area contributed by atoms with Crippen LogP contribution in [0, 0.1) is 5.92 Å². The van der Waals surface area contributed by atoms with Crippen molar-refractivity contribution in [1.29, 1.82) is 0 Å². The molecule has 2 aliphatic heterocycles. The Kier molecular flexibility index (Phi) is 3.27. The molecule has 2 atom stereocenters. The maximum atomic E-state index is 5.99. The number of hydrogen-bond acceptors (Lipinski definition) is 6. The van der Waals surface area contributed by atoms with E-state index in [1.165, 1.54) is 6.34 Å². The standard InChI is InChI=1S/C17H15N5O/c18-16-14-15(21-22-17(14)20-10-19-16)11-6-8-13(9-7-11)23-12-4-2-1-3-5-12/h1-10,14,17,22H,(H2,18,19,20). The molecule has 2 aromatic rings. The average Bonchev–Trinajstić information content (AvgIpc) is 3.02. The van der Waals surface area contributed by atoms with Crippen molar-refractivity contribution in [2.45, 2.75) is 6.17 Å². The number of aliphatic imine (C=N–C) groups is 2. The maximum Gasteiger partial charge on any atom is 0.151 e. The Balaban J connectivity index is 1.55. The lowest BCUT2D eigenvalue weighted by Gasteiger charge is -2.19. The summed E-state index contributed by atoms with van der Waals surface area (Å²) in [5, 5.41) is 4.37. The third-order valence-electron chi connectivity index (χ3n) is 3.81. The SMILES string of the molecule is NC1=NC=NC2NN=C(c3ccc(Oc4ccccc4)cc3)C12.